The summed E-state index contributed by atoms with van der Waals surface area (Å²) >= 11 is 0. The van der Waals surface area contributed by atoms with E-state index in [0.29, 0.717) is 18.2 Å². The average molecular weight is 481 g/mol. The van der Waals surface area contributed by atoms with Gasteiger partial charge in [0.2, 0.25) is 16.1 Å². The molecule has 32 heavy (non-hydrogen) atoms. The highest BCUT2D eigenvalue weighted by molar-refractivity contribution is 7.89. The lowest BCUT2D eigenvalue weighted by atomic mass is 9.98. The van der Waals surface area contributed by atoms with Gasteiger partial charge in [-0.05, 0) is 49.2 Å². The minimum atomic E-state index is -5.12. The molecule has 174 valence electrons. The molecule has 12 heteroatoms. The molecule has 0 spiro atoms. The number of piperidine rings is 1. The number of hydrogen-bond donors (Lipinski definition) is 0. The standard InChI is InChI=1S/C20H17F6NO4S/c21-14-1-3-17(4-2-14)32(29,30)27-7-5-12(6-8-27)19(28)31-18(20(24,25)26)13-9-15(22)11-16(23)10-13/h1-4,9-12,18H,5-8H2/t18-/m0/s1. The molecule has 2 aromatic carbocycles. The molecule has 0 aliphatic carbocycles. The van der Waals surface area contributed by atoms with E-state index in [9.17, 15) is 39.6 Å². The molecule has 3 rings (SSSR count). The van der Waals surface area contributed by atoms with Crippen molar-refractivity contribution in [1.29, 1.82) is 0 Å². The van der Waals surface area contributed by atoms with E-state index in [1.54, 1.807) is 0 Å². The summed E-state index contributed by atoms with van der Waals surface area (Å²) in [6, 6.07) is 5.34. The maximum absolute atomic E-state index is 13.4. The molecule has 0 N–H and O–H groups in total. The van der Waals surface area contributed by atoms with E-state index in [4.69, 9.17) is 0 Å². The predicted octanol–water partition coefficient (Wildman–Crippen LogP) is 4.35. The monoisotopic (exact) mass is 481 g/mol. The van der Waals surface area contributed by atoms with Crippen LogP contribution in [-0.4, -0.2) is 38.0 Å². The van der Waals surface area contributed by atoms with E-state index in [1.807, 2.05) is 0 Å². The van der Waals surface area contributed by atoms with Crippen LogP contribution in [0.5, 0.6) is 0 Å². The lowest BCUT2D eigenvalue weighted by molar-refractivity contribution is -0.226. The van der Waals surface area contributed by atoms with Gasteiger partial charge in [0.15, 0.2) is 0 Å². The third-order valence-electron chi connectivity index (χ3n) is 4.96. The molecule has 0 amide bonds. The number of ether oxygens (including phenoxy) is 1. The van der Waals surface area contributed by atoms with E-state index >= 15 is 0 Å². The van der Waals surface area contributed by atoms with Crippen molar-refractivity contribution in [2.24, 2.45) is 5.92 Å². The Hall–Kier alpha value is -2.60. The van der Waals surface area contributed by atoms with Crippen molar-refractivity contribution in [2.45, 2.75) is 30.0 Å². The largest absolute Gasteiger partial charge is 0.447 e. The van der Waals surface area contributed by atoms with Crippen LogP contribution in [0.15, 0.2) is 47.4 Å². The maximum Gasteiger partial charge on any atom is 0.429 e. The second-order valence-corrected chi connectivity index (χ2v) is 9.13. The van der Waals surface area contributed by atoms with Gasteiger partial charge in [-0.25, -0.2) is 21.6 Å². The summed E-state index contributed by atoms with van der Waals surface area (Å²) < 4.78 is 111. The number of rotatable bonds is 5. The van der Waals surface area contributed by atoms with Crippen LogP contribution in [0.25, 0.3) is 0 Å². The Morgan fingerprint density at radius 2 is 1.47 bits per heavy atom. The number of esters is 1. The Labute approximate surface area is 179 Å². The summed E-state index contributed by atoms with van der Waals surface area (Å²) in [4.78, 5) is 12.2. The normalized spacial score (nSPS) is 17.2. The van der Waals surface area contributed by atoms with E-state index in [1.165, 1.54) is 0 Å². The molecule has 1 fully saturated rings. The van der Waals surface area contributed by atoms with Crippen molar-refractivity contribution in [3.63, 3.8) is 0 Å². The van der Waals surface area contributed by atoms with Gasteiger partial charge in [-0.2, -0.15) is 17.5 Å². The maximum atomic E-state index is 13.4. The lowest BCUT2D eigenvalue weighted by Crippen LogP contribution is -2.41. The molecule has 0 bridgehead atoms. The molecule has 1 aliphatic heterocycles. The molecular formula is C20H17F6NO4S. The molecule has 0 unspecified atom stereocenters. The van der Waals surface area contributed by atoms with Gasteiger partial charge in [0.25, 0.3) is 0 Å². The highest BCUT2D eigenvalue weighted by Gasteiger charge is 2.46. The average Bonchev–Trinajstić information content (AvgIpc) is 2.70. The third kappa shape index (κ3) is 5.41. The predicted molar refractivity (Wildman–Crippen MR) is 99.1 cm³/mol. The second-order valence-electron chi connectivity index (χ2n) is 7.19. The molecule has 2 aromatic rings. The van der Waals surface area contributed by atoms with Gasteiger partial charge in [-0.3, -0.25) is 4.79 Å². The Bertz CT molecular complexity index is 1060. The molecule has 5 nitrogen and oxygen atoms in total. The molecule has 0 aromatic heterocycles. The summed E-state index contributed by atoms with van der Waals surface area (Å²) in [7, 11) is -3.98. The highest BCUT2D eigenvalue weighted by atomic mass is 32.2. The van der Waals surface area contributed by atoms with Gasteiger partial charge in [0.1, 0.15) is 17.5 Å². The SMILES string of the molecule is O=C(O[C@@H](c1cc(F)cc(F)c1)C(F)(F)F)C1CCN(S(=O)(=O)c2ccc(F)cc2)CC1. The number of carbonyl (C=O) groups excluding carboxylic acids is 1. The van der Waals surface area contributed by atoms with Gasteiger partial charge in [-0.15, -0.1) is 0 Å². The topological polar surface area (TPSA) is 63.7 Å². The summed E-state index contributed by atoms with van der Waals surface area (Å²) in [6.45, 7) is -0.352. The van der Waals surface area contributed by atoms with E-state index in [0.717, 1.165) is 28.6 Å². The quantitative estimate of drug-likeness (QED) is 0.471. The molecule has 1 saturated heterocycles. The number of carbonyl (C=O) groups is 1. The third-order valence-corrected chi connectivity index (χ3v) is 6.87. The Kier molecular flexibility index (Phi) is 6.84. The van der Waals surface area contributed by atoms with E-state index in [2.05, 4.69) is 4.74 Å². The van der Waals surface area contributed by atoms with Crippen LogP contribution < -0.4 is 0 Å². The van der Waals surface area contributed by atoms with Crippen LogP contribution in [0.3, 0.4) is 0 Å². The van der Waals surface area contributed by atoms with Gasteiger partial charge in [0.05, 0.1) is 10.8 Å². The van der Waals surface area contributed by atoms with Crippen LogP contribution in [0.4, 0.5) is 26.3 Å². The summed E-state index contributed by atoms with van der Waals surface area (Å²) in [5.74, 6) is -5.44. The van der Waals surface area contributed by atoms with Crippen molar-refractivity contribution in [2.75, 3.05) is 13.1 Å². The molecular weight excluding hydrogens is 464 g/mol. The van der Waals surface area contributed by atoms with Gasteiger partial charge in [-0.1, -0.05) is 0 Å². The Morgan fingerprint density at radius 1 is 0.938 bits per heavy atom. The number of hydrogen-bond acceptors (Lipinski definition) is 4. The first-order chi connectivity index (χ1) is 14.9. The highest BCUT2D eigenvalue weighted by Crippen LogP contribution is 2.38. The number of nitrogens with zero attached hydrogens (tertiary/aromatic N) is 1. The van der Waals surface area contributed by atoms with Crippen LogP contribution in [0, 0.1) is 23.4 Å². The molecule has 1 heterocycles. The zero-order valence-corrected chi connectivity index (χ0v) is 17.1. The van der Waals surface area contributed by atoms with Gasteiger partial charge in [0, 0.05) is 24.7 Å². The minimum absolute atomic E-state index is 0.124. The molecule has 0 radical (unpaired) electrons. The Balaban J connectivity index is 1.69. The first-order valence-electron chi connectivity index (χ1n) is 9.37. The Morgan fingerprint density at radius 3 is 1.97 bits per heavy atom. The fourth-order valence-corrected chi connectivity index (χ4v) is 4.82. The molecule has 1 atom stereocenters. The van der Waals surface area contributed by atoms with Gasteiger partial charge < -0.3 is 4.74 Å². The van der Waals surface area contributed by atoms with E-state index in [-0.39, 0.29) is 30.8 Å². The van der Waals surface area contributed by atoms with Gasteiger partial charge >= 0.3 is 12.1 Å². The van der Waals surface area contributed by atoms with Crippen molar-refractivity contribution in [3.05, 3.63) is 65.5 Å². The number of halogens is 6. The second kappa shape index (κ2) is 9.10. The fraction of sp³-hybridized carbons (Fsp3) is 0.350. The molecule has 0 saturated carbocycles. The van der Waals surface area contributed by atoms with Crippen molar-refractivity contribution >= 4 is 16.0 Å². The summed E-state index contributed by atoms with van der Waals surface area (Å²) in [5, 5.41) is 0. The number of sulfonamides is 1. The van der Waals surface area contributed by atoms with E-state index < -0.39 is 57.2 Å². The van der Waals surface area contributed by atoms with Crippen molar-refractivity contribution < 1.29 is 44.3 Å². The van der Waals surface area contributed by atoms with Crippen LogP contribution in [-0.2, 0) is 19.6 Å². The summed E-state index contributed by atoms with van der Waals surface area (Å²) in [5.41, 5.74) is -0.903. The first kappa shape index (κ1) is 24.1. The molecule has 1 aliphatic rings. The van der Waals surface area contributed by atoms with Crippen molar-refractivity contribution in [3.8, 4) is 0 Å². The minimum Gasteiger partial charge on any atom is -0.447 e. The van der Waals surface area contributed by atoms with Crippen molar-refractivity contribution in [1.82, 2.24) is 4.31 Å². The van der Waals surface area contributed by atoms with Crippen LogP contribution >= 0.6 is 0 Å². The smallest absolute Gasteiger partial charge is 0.429 e. The first-order valence-corrected chi connectivity index (χ1v) is 10.8. The summed E-state index contributed by atoms with van der Waals surface area (Å²) in [6.07, 6.45) is -8.24. The zero-order chi connectivity index (χ0) is 23.7. The number of alkyl halides is 3. The van der Waals surface area contributed by atoms with Crippen LogP contribution in [0.1, 0.15) is 24.5 Å². The zero-order valence-electron chi connectivity index (χ0n) is 16.3. The number of benzene rings is 2. The fourth-order valence-electron chi connectivity index (χ4n) is 3.35. The lowest BCUT2D eigenvalue weighted by Gasteiger charge is -2.31. The van der Waals surface area contributed by atoms with Crippen LogP contribution in [0.2, 0.25) is 0 Å².